The Morgan fingerprint density at radius 3 is 2.36 bits per heavy atom. The number of hydrogen-bond acceptors (Lipinski definition) is 3. The van der Waals surface area contributed by atoms with E-state index in [1.165, 1.54) is 0 Å². The van der Waals surface area contributed by atoms with Crippen LogP contribution in [0.15, 0.2) is 0 Å². The third kappa shape index (κ3) is 2.69. The highest BCUT2D eigenvalue weighted by atomic mass is 16.4. The van der Waals surface area contributed by atoms with Gasteiger partial charge in [0.05, 0.1) is 6.10 Å². The lowest BCUT2D eigenvalue weighted by Crippen LogP contribution is -2.55. The second-order valence-corrected chi connectivity index (χ2v) is 5.10. The van der Waals surface area contributed by atoms with Crippen molar-refractivity contribution in [2.75, 3.05) is 0 Å². The summed E-state index contributed by atoms with van der Waals surface area (Å²) >= 11 is 0. The minimum atomic E-state index is -0.877. The molecule has 1 rings (SSSR count). The van der Waals surface area contributed by atoms with Crippen LogP contribution < -0.4 is 5.32 Å². The van der Waals surface area contributed by atoms with Crippen LogP contribution in [0, 0.1) is 5.41 Å². The first-order chi connectivity index (χ1) is 6.30. The second-order valence-electron chi connectivity index (χ2n) is 5.10. The highest BCUT2D eigenvalue weighted by molar-refractivity contribution is 5.73. The molecule has 0 amide bonds. The number of aliphatic carboxylic acids is 1. The Balaban J connectivity index is 2.68. The minimum absolute atomic E-state index is 0.0188. The van der Waals surface area contributed by atoms with E-state index in [1.54, 1.807) is 0 Å². The van der Waals surface area contributed by atoms with Crippen molar-refractivity contribution in [3.05, 3.63) is 0 Å². The van der Waals surface area contributed by atoms with Gasteiger partial charge in [-0.1, -0.05) is 20.8 Å². The molecule has 3 N–H and O–H groups in total. The van der Waals surface area contributed by atoms with Crippen LogP contribution in [0.25, 0.3) is 0 Å². The Morgan fingerprint density at radius 2 is 1.93 bits per heavy atom. The summed E-state index contributed by atoms with van der Waals surface area (Å²) in [6.07, 6.45) is 0.441. The fourth-order valence-corrected chi connectivity index (χ4v) is 1.79. The lowest BCUT2D eigenvalue weighted by Gasteiger charge is -2.39. The summed E-state index contributed by atoms with van der Waals surface area (Å²) in [4.78, 5) is 10.8. The fourth-order valence-electron chi connectivity index (χ4n) is 1.79. The molecule has 0 spiro atoms. The summed E-state index contributed by atoms with van der Waals surface area (Å²) in [5.41, 5.74) is -0.0188. The standard InChI is InChI=1S/C10H19NO3/c1-10(2,3)8-5-6(12)4-7(11-8)9(13)14/h6-8,11-12H,4-5H2,1-3H3,(H,13,14). The molecule has 0 radical (unpaired) electrons. The fraction of sp³-hybridized carbons (Fsp3) is 0.900. The van der Waals surface area contributed by atoms with Gasteiger partial charge < -0.3 is 15.5 Å². The number of aliphatic hydroxyl groups excluding tert-OH is 1. The number of rotatable bonds is 1. The van der Waals surface area contributed by atoms with Gasteiger partial charge in [-0.25, -0.2) is 0 Å². The number of hydrogen-bond donors (Lipinski definition) is 3. The van der Waals surface area contributed by atoms with Gasteiger partial charge in [0.1, 0.15) is 6.04 Å². The van der Waals surface area contributed by atoms with Crippen molar-refractivity contribution in [3.8, 4) is 0 Å². The van der Waals surface area contributed by atoms with Gasteiger partial charge in [-0.3, -0.25) is 4.79 Å². The number of aliphatic hydroxyl groups is 1. The molecule has 0 aliphatic carbocycles. The zero-order valence-electron chi connectivity index (χ0n) is 8.95. The first-order valence-electron chi connectivity index (χ1n) is 4.97. The summed E-state index contributed by atoms with van der Waals surface area (Å²) in [6.45, 7) is 6.13. The zero-order chi connectivity index (χ0) is 10.9. The summed E-state index contributed by atoms with van der Waals surface area (Å²) in [5, 5.41) is 21.5. The summed E-state index contributed by atoms with van der Waals surface area (Å²) in [7, 11) is 0. The maximum absolute atomic E-state index is 10.8. The molecule has 0 aromatic carbocycles. The van der Waals surface area contributed by atoms with E-state index < -0.39 is 18.1 Å². The molecule has 3 atom stereocenters. The summed E-state index contributed by atoms with van der Waals surface area (Å²) in [6, 6.07) is -0.546. The summed E-state index contributed by atoms with van der Waals surface area (Å²) < 4.78 is 0. The molecule has 0 aromatic heterocycles. The molecule has 0 saturated carbocycles. The molecule has 0 bridgehead atoms. The van der Waals surface area contributed by atoms with Gasteiger partial charge in [-0.05, 0) is 18.3 Å². The van der Waals surface area contributed by atoms with E-state index in [-0.39, 0.29) is 11.5 Å². The van der Waals surface area contributed by atoms with E-state index in [4.69, 9.17) is 5.11 Å². The van der Waals surface area contributed by atoms with Gasteiger partial charge in [0.2, 0.25) is 0 Å². The minimum Gasteiger partial charge on any atom is -0.480 e. The number of carboxylic acid groups (broad SMARTS) is 1. The van der Waals surface area contributed by atoms with E-state index in [0.29, 0.717) is 12.8 Å². The monoisotopic (exact) mass is 201 g/mol. The average Bonchev–Trinajstić information content (AvgIpc) is 2.01. The average molecular weight is 201 g/mol. The molecule has 4 heteroatoms. The third-order valence-electron chi connectivity index (χ3n) is 2.76. The Hall–Kier alpha value is -0.610. The van der Waals surface area contributed by atoms with Gasteiger partial charge >= 0.3 is 5.97 Å². The van der Waals surface area contributed by atoms with Crippen LogP contribution in [0.3, 0.4) is 0 Å². The lowest BCUT2D eigenvalue weighted by molar-refractivity contribution is -0.142. The molecule has 82 valence electrons. The number of carbonyl (C=O) groups is 1. The van der Waals surface area contributed by atoms with Crippen LogP contribution in [0.1, 0.15) is 33.6 Å². The van der Waals surface area contributed by atoms with Crippen LogP contribution in [-0.2, 0) is 4.79 Å². The van der Waals surface area contributed by atoms with Gasteiger partial charge in [-0.15, -0.1) is 0 Å². The van der Waals surface area contributed by atoms with Crippen molar-refractivity contribution in [2.45, 2.75) is 51.8 Å². The van der Waals surface area contributed by atoms with Crippen molar-refractivity contribution < 1.29 is 15.0 Å². The topological polar surface area (TPSA) is 69.6 Å². The van der Waals surface area contributed by atoms with E-state index in [9.17, 15) is 9.90 Å². The molecule has 3 unspecified atom stereocenters. The van der Waals surface area contributed by atoms with Crippen LogP contribution >= 0.6 is 0 Å². The maximum Gasteiger partial charge on any atom is 0.320 e. The number of piperidine rings is 1. The first-order valence-corrected chi connectivity index (χ1v) is 4.97. The Morgan fingerprint density at radius 1 is 1.36 bits per heavy atom. The Labute approximate surface area is 84.3 Å². The van der Waals surface area contributed by atoms with E-state index in [0.717, 1.165) is 0 Å². The lowest BCUT2D eigenvalue weighted by atomic mass is 9.79. The highest BCUT2D eigenvalue weighted by Crippen LogP contribution is 2.27. The predicted molar refractivity (Wildman–Crippen MR) is 53.0 cm³/mol. The maximum atomic E-state index is 10.8. The third-order valence-corrected chi connectivity index (χ3v) is 2.76. The normalized spacial score (nSPS) is 34.1. The molecule has 1 fully saturated rings. The first kappa shape index (κ1) is 11.5. The predicted octanol–water partition coefficient (Wildman–Crippen LogP) is 0.599. The number of carboxylic acids is 1. The van der Waals surface area contributed by atoms with Crippen LogP contribution in [0.4, 0.5) is 0 Å². The quantitative estimate of drug-likeness (QED) is 0.581. The van der Waals surface area contributed by atoms with Crippen molar-refractivity contribution in [2.24, 2.45) is 5.41 Å². The molecule has 1 heterocycles. The largest absolute Gasteiger partial charge is 0.480 e. The molecular weight excluding hydrogens is 182 g/mol. The van der Waals surface area contributed by atoms with Crippen LogP contribution in [0.2, 0.25) is 0 Å². The molecule has 14 heavy (non-hydrogen) atoms. The molecule has 0 aromatic rings. The van der Waals surface area contributed by atoms with Gasteiger partial charge in [-0.2, -0.15) is 0 Å². The molecule has 1 saturated heterocycles. The second kappa shape index (κ2) is 3.87. The van der Waals surface area contributed by atoms with Gasteiger partial charge in [0, 0.05) is 6.04 Å². The van der Waals surface area contributed by atoms with Crippen LogP contribution in [0.5, 0.6) is 0 Å². The van der Waals surface area contributed by atoms with E-state index in [1.807, 2.05) is 20.8 Å². The van der Waals surface area contributed by atoms with Crippen molar-refractivity contribution in [3.63, 3.8) is 0 Å². The smallest absolute Gasteiger partial charge is 0.320 e. The molecule has 1 aliphatic rings. The Kier molecular flexibility index (Phi) is 3.17. The van der Waals surface area contributed by atoms with Crippen molar-refractivity contribution >= 4 is 5.97 Å². The zero-order valence-corrected chi connectivity index (χ0v) is 8.95. The SMILES string of the molecule is CC(C)(C)C1CC(O)CC(C(=O)O)N1. The Bertz CT molecular complexity index is 222. The molecular formula is C10H19NO3. The number of nitrogens with one attached hydrogen (secondary N) is 1. The van der Waals surface area contributed by atoms with Crippen LogP contribution in [-0.4, -0.2) is 34.4 Å². The molecule has 4 nitrogen and oxygen atoms in total. The van der Waals surface area contributed by atoms with Crippen molar-refractivity contribution in [1.29, 1.82) is 0 Å². The van der Waals surface area contributed by atoms with Crippen molar-refractivity contribution in [1.82, 2.24) is 5.32 Å². The summed E-state index contributed by atoms with van der Waals surface area (Å²) in [5.74, 6) is -0.877. The molecule has 1 aliphatic heterocycles. The van der Waals surface area contributed by atoms with E-state index in [2.05, 4.69) is 5.32 Å². The highest BCUT2D eigenvalue weighted by Gasteiger charge is 2.36. The van der Waals surface area contributed by atoms with Gasteiger partial charge in [0.25, 0.3) is 0 Å². The van der Waals surface area contributed by atoms with E-state index >= 15 is 0 Å². The van der Waals surface area contributed by atoms with Gasteiger partial charge in [0.15, 0.2) is 0 Å².